The molecule has 0 saturated carbocycles. The van der Waals surface area contributed by atoms with Crippen LogP contribution in [0.15, 0.2) is 23.3 Å². The molecule has 5 heteroatoms. The van der Waals surface area contributed by atoms with Crippen molar-refractivity contribution in [2.24, 2.45) is 4.99 Å². The molecule has 2 rings (SSSR count). The number of guanidine groups is 1. The largest absolute Gasteiger partial charge is 0.352 e. The minimum Gasteiger partial charge on any atom is -0.352 e. The zero-order chi connectivity index (χ0) is 16.1. The summed E-state index contributed by atoms with van der Waals surface area (Å²) in [6.45, 7) is 9.99. The molecular formula is C17H24N4S. The zero-order valence-corrected chi connectivity index (χ0v) is 14.8. The molecule has 0 amide bonds. The average molecular weight is 316 g/mol. The summed E-state index contributed by atoms with van der Waals surface area (Å²) in [7, 11) is 1.79. The number of aromatic nitrogens is 1. The lowest BCUT2D eigenvalue weighted by atomic mass is 10.00. The monoisotopic (exact) mass is 316 g/mol. The number of hydrogen-bond donors (Lipinski definition) is 2. The Hall–Kier alpha value is -1.88. The molecule has 0 unspecified atom stereocenters. The third-order valence-corrected chi connectivity index (χ3v) is 4.49. The number of hydrogen-bond acceptors (Lipinski definition) is 3. The van der Waals surface area contributed by atoms with Gasteiger partial charge in [0, 0.05) is 24.7 Å². The Bertz CT molecular complexity index is 650. The molecule has 0 bridgehead atoms. The van der Waals surface area contributed by atoms with Gasteiger partial charge in [-0.1, -0.05) is 17.7 Å². The number of rotatable bonds is 4. The van der Waals surface area contributed by atoms with Crippen molar-refractivity contribution in [3.05, 3.63) is 50.5 Å². The van der Waals surface area contributed by atoms with Gasteiger partial charge in [0.05, 0.1) is 6.54 Å². The second-order valence-corrected chi connectivity index (χ2v) is 6.84. The molecule has 0 aliphatic rings. The van der Waals surface area contributed by atoms with Crippen molar-refractivity contribution in [2.75, 3.05) is 7.05 Å². The molecule has 22 heavy (non-hydrogen) atoms. The Morgan fingerprint density at radius 2 is 1.73 bits per heavy atom. The number of aryl methyl sites for hydroxylation is 4. The molecule has 4 nitrogen and oxygen atoms in total. The molecule has 0 spiro atoms. The third kappa shape index (κ3) is 4.31. The van der Waals surface area contributed by atoms with Crippen molar-refractivity contribution in [1.29, 1.82) is 0 Å². The molecule has 1 heterocycles. The highest BCUT2D eigenvalue weighted by Crippen LogP contribution is 2.16. The number of nitrogens with zero attached hydrogens (tertiary/aromatic N) is 2. The maximum Gasteiger partial charge on any atom is 0.191 e. The highest BCUT2D eigenvalue weighted by atomic mass is 32.1. The Kier molecular flexibility index (Phi) is 5.55. The zero-order valence-electron chi connectivity index (χ0n) is 13.9. The normalized spacial score (nSPS) is 11.6. The van der Waals surface area contributed by atoms with E-state index in [0.717, 1.165) is 17.5 Å². The predicted octanol–water partition coefficient (Wildman–Crippen LogP) is 3.24. The van der Waals surface area contributed by atoms with E-state index in [-0.39, 0.29) is 0 Å². The first-order valence-electron chi connectivity index (χ1n) is 7.42. The van der Waals surface area contributed by atoms with Crippen molar-refractivity contribution in [3.63, 3.8) is 0 Å². The minimum atomic E-state index is 0.698. The van der Waals surface area contributed by atoms with Crippen molar-refractivity contribution in [3.8, 4) is 0 Å². The van der Waals surface area contributed by atoms with Gasteiger partial charge >= 0.3 is 0 Å². The first kappa shape index (κ1) is 16.5. The molecule has 0 aliphatic carbocycles. The van der Waals surface area contributed by atoms with Crippen LogP contribution in [0.1, 0.15) is 32.1 Å². The van der Waals surface area contributed by atoms with E-state index in [1.807, 2.05) is 6.20 Å². The second-order valence-electron chi connectivity index (χ2n) is 5.52. The first-order chi connectivity index (χ1) is 10.5. The topological polar surface area (TPSA) is 49.3 Å². The van der Waals surface area contributed by atoms with E-state index in [1.54, 1.807) is 18.4 Å². The van der Waals surface area contributed by atoms with Crippen LogP contribution < -0.4 is 10.6 Å². The fourth-order valence-corrected chi connectivity index (χ4v) is 3.25. The quantitative estimate of drug-likeness (QED) is 0.672. The van der Waals surface area contributed by atoms with Crippen LogP contribution >= 0.6 is 11.3 Å². The molecule has 1 aromatic carbocycles. The number of benzene rings is 1. The summed E-state index contributed by atoms with van der Waals surface area (Å²) >= 11 is 1.70. The Morgan fingerprint density at radius 1 is 1.09 bits per heavy atom. The maximum atomic E-state index is 4.35. The van der Waals surface area contributed by atoms with E-state index in [4.69, 9.17) is 0 Å². The van der Waals surface area contributed by atoms with E-state index in [0.29, 0.717) is 6.54 Å². The van der Waals surface area contributed by atoms with Crippen LogP contribution in [-0.2, 0) is 13.1 Å². The van der Waals surface area contributed by atoms with E-state index < -0.39 is 0 Å². The molecule has 2 aromatic rings. The summed E-state index contributed by atoms with van der Waals surface area (Å²) in [5.41, 5.74) is 5.27. The van der Waals surface area contributed by atoms with Gasteiger partial charge in [0.15, 0.2) is 5.96 Å². The lowest BCUT2D eigenvalue weighted by molar-refractivity contribution is 0.799. The molecule has 0 atom stereocenters. The predicted molar refractivity (Wildman–Crippen MR) is 94.5 cm³/mol. The van der Waals surface area contributed by atoms with E-state index >= 15 is 0 Å². The standard InChI is InChI=1S/C17H24N4S/c1-11-6-12(2)15(13(3)7-11)9-20-17(18-5)21-10-16-19-8-14(4)22-16/h6-8H,9-10H2,1-5H3,(H2,18,20,21). The molecule has 0 saturated heterocycles. The molecule has 118 valence electrons. The molecule has 1 aromatic heterocycles. The molecule has 2 N–H and O–H groups in total. The van der Waals surface area contributed by atoms with E-state index in [2.05, 4.69) is 60.4 Å². The Labute approximate surface area is 136 Å². The highest BCUT2D eigenvalue weighted by molar-refractivity contribution is 7.11. The smallest absolute Gasteiger partial charge is 0.191 e. The van der Waals surface area contributed by atoms with E-state index in [1.165, 1.54) is 27.1 Å². The van der Waals surface area contributed by atoms with Crippen molar-refractivity contribution >= 4 is 17.3 Å². The molecular weight excluding hydrogens is 292 g/mol. The Morgan fingerprint density at radius 3 is 2.27 bits per heavy atom. The van der Waals surface area contributed by atoms with E-state index in [9.17, 15) is 0 Å². The van der Waals surface area contributed by atoms with Crippen LogP contribution in [0, 0.1) is 27.7 Å². The summed E-state index contributed by atoms with van der Waals surface area (Å²) in [5.74, 6) is 0.798. The van der Waals surface area contributed by atoms with Gasteiger partial charge in [-0.15, -0.1) is 11.3 Å². The van der Waals surface area contributed by atoms with Crippen molar-refractivity contribution < 1.29 is 0 Å². The van der Waals surface area contributed by atoms with Gasteiger partial charge in [-0.2, -0.15) is 0 Å². The van der Waals surface area contributed by atoms with Gasteiger partial charge in [-0.25, -0.2) is 4.98 Å². The summed E-state index contributed by atoms with van der Waals surface area (Å²) in [4.78, 5) is 9.85. The highest BCUT2D eigenvalue weighted by Gasteiger charge is 2.06. The van der Waals surface area contributed by atoms with Crippen LogP contribution in [0.4, 0.5) is 0 Å². The lowest BCUT2D eigenvalue weighted by Gasteiger charge is -2.15. The van der Waals surface area contributed by atoms with Crippen LogP contribution in [-0.4, -0.2) is 18.0 Å². The summed E-state index contributed by atoms with van der Waals surface area (Å²) in [6.07, 6.45) is 1.90. The van der Waals surface area contributed by atoms with Crippen molar-refractivity contribution in [1.82, 2.24) is 15.6 Å². The van der Waals surface area contributed by atoms with Crippen LogP contribution in [0.3, 0.4) is 0 Å². The molecule has 0 radical (unpaired) electrons. The third-order valence-electron chi connectivity index (χ3n) is 3.57. The Balaban J connectivity index is 1.94. The number of nitrogens with one attached hydrogen (secondary N) is 2. The van der Waals surface area contributed by atoms with Crippen LogP contribution in [0.5, 0.6) is 0 Å². The fraction of sp³-hybridized carbons (Fsp3) is 0.412. The summed E-state index contributed by atoms with van der Waals surface area (Å²) < 4.78 is 0. The summed E-state index contributed by atoms with van der Waals surface area (Å²) in [5, 5.41) is 7.76. The second kappa shape index (κ2) is 7.40. The maximum absolute atomic E-state index is 4.35. The number of thiazole rings is 1. The number of aliphatic imine (C=N–C) groups is 1. The molecule has 0 aliphatic heterocycles. The molecule has 0 fully saturated rings. The van der Waals surface area contributed by atoms with Gasteiger partial charge < -0.3 is 10.6 Å². The van der Waals surface area contributed by atoms with Crippen molar-refractivity contribution in [2.45, 2.75) is 40.8 Å². The average Bonchev–Trinajstić information content (AvgIpc) is 2.86. The lowest BCUT2D eigenvalue weighted by Crippen LogP contribution is -2.36. The first-order valence-corrected chi connectivity index (χ1v) is 8.23. The minimum absolute atomic E-state index is 0.698. The van der Waals surface area contributed by atoms with Gasteiger partial charge in [-0.05, 0) is 44.4 Å². The van der Waals surface area contributed by atoms with Crippen LogP contribution in [0.2, 0.25) is 0 Å². The van der Waals surface area contributed by atoms with Crippen LogP contribution in [0.25, 0.3) is 0 Å². The SMILES string of the molecule is CN=C(NCc1ncc(C)s1)NCc1c(C)cc(C)cc1C. The van der Waals surface area contributed by atoms with Gasteiger partial charge in [-0.3, -0.25) is 4.99 Å². The fourth-order valence-electron chi connectivity index (χ4n) is 2.52. The van der Waals surface area contributed by atoms with Gasteiger partial charge in [0.2, 0.25) is 0 Å². The van der Waals surface area contributed by atoms with Gasteiger partial charge in [0.25, 0.3) is 0 Å². The van der Waals surface area contributed by atoms with Gasteiger partial charge in [0.1, 0.15) is 5.01 Å². The summed E-state index contributed by atoms with van der Waals surface area (Å²) in [6, 6.07) is 4.44.